The quantitative estimate of drug-likeness (QED) is 0.870. The zero-order valence-corrected chi connectivity index (χ0v) is 11.3. The SMILES string of the molecule is CN(C(=O)NCc1cccc(C(=O)O)c1)C1CCOC1. The Hall–Kier alpha value is -2.08. The molecule has 1 atom stereocenters. The third kappa shape index (κ3) is 3.48. The number of benzene rings is 1. The lowest BCUT2D eigenvalue weighted by molar-refractivity contribution is 0.0696. The van der Waals surface area contributed by atoms with Crippen LogP contribution in [0.5, 0.6) is 0 Å². The molecule has 108 valence electrons. The van der Waals surface area contributed by atoms with E-state index in [1.54, 1.807) is 30.1 Å². The lowest BCUT2D eigenvalue weighted by Gasteiger charge is -2.23. The molecule has 0 bridgehead atoms. The van der Waals surface area contributed by atoms with E-state index in [0.717, 1.165) is 12.0 Å². The molecule has 20 heavy (non-hydrogen) atoms. The molecule has 1 aromatic rings. The second-order valence-corrected chi connectivity index (χ2v) is 4.79. The summed E-state index contributed by atoms with van der Waals surface area (Å²) in [6, 6.07) is 6.46. The summed E-state index contributed by atoms with van der Waals surface area (Å²) in [6.45, 7) is 1.55. The summed E-state index contributed by atoms with van der Waals surface area (Å²) in [5, 5.41) is 11.7. The van der Waals surface area contributed by atoms with Crippen LogP contribution in [-0.4, -0.2) is 48.3 Å². The maximum absolute atomic E-state index is 12.0. The van der Waals surface area contributed by atoms with Gasteiger partial charge in [0.05, 0.1) is 18.2 Å². The summed E-state index contributed by atoms with van der Waals surface area (Å²) < 4.78 is 5.25. The van der Waals surface area contributed by atoms with Gasteiger partial charge in [0, 0.05) is 20.2 Å². The number of likely N-dealkylation sites (N-methyl/N-ethyl adjacent to an activating group) is 1. The molecule has 2 amide bonds. The van der Waals surface area contributed by atoms with Crippen molar-refractivity contribution >= 4 is 12.0 Å². The molecule has 0 saturated carbocycles. The van der Waals surface area contributed by atoms with E-state index in [1.807, 2.05) is 0 Å². The fraction of sp³-hybridized carbons (Fsp3) is 0.429. The number of aromatic carboxylic acids is 1. The average Bonchev–Trinajstić information content (AvgIpc) is 2.98. The van der Waals surface area contributed by atoms with Crippen LogP contribution in [-0.2, 0) is 11.3 Å². The number of ether oxygens (including phenoxy) is 1. The monoisotopic (exact) mass is 278 g/mol. The first-order chi connectivity index (χ1) is 9.58. The van der Waals surface area contributed by atoms with Crippen molar-refractivity contribution in [3.8, 4) is 0 Å². The van der Waals surface area contributed by atoms with E-state index >= 15 is 0 Å². The van der Waals surface area contributed by atoms with Crippen LogP contribution in [0.1, 0.15) is 22.3 Å². The van der Waals surface area contributed by atoms with Crippen LogP contribution in [0.25, 0.3) is 0 Å². The van der Waals surface area contributed by atoms with Gasteiger partial charge in [0.15, 0.2) is 0 Å². The van der Waals surface area contributed by atoms with E-state index in [4.69, 9.17) is 9.84 Å². The molecule has 2 rings (SSSR count). The van der Waals surface area contributed by atoms with Crippen molar-refractivity contribution in [2.75, 3.05) is 20.3 Å². The average molecular weight is 278 g/mol. The molecule has 1 unspecified atom stereocenters. The van der Waals surface area contributed by atoms with Crippen LogP contribution in [0.2, 0.25) is 0 Å². The van der Waals surface area contributed by atoms with Crippen molar-refractivity contribution in [2.24, 2.45) is 0 Å². The molecular formula is C14H18N2O4. The van der Waals surface area contributed by atoms with Gasteiger partial charge in [-0.3, -0.25) is 0 Å². The number of carbonyl (C=O) groups is 2. The minimum Gasteiger partial charge on any atom is -0.478 e. The van der Waals surface area contributed by atoms with Crippen LogP contribution in [0, 0.1) is 0 Å². The Balaban J connectivity index is 1.89. The number of carboxylic acids is 1. The number of rotatable bonds is 4. The zero-order chi connectivity index (χ0) is 14.5. The van der Waals surface area contributed by atoms with E-state index in [0.29, 0.717) is 19.8 Å². The number of urea groups is 1. The molecule has 1 saturated heterocycles. The minimum absolute atomic E-state index is 0.111. The summed E-state index contributed by atoms with van der Waals surface area (Å²) in [4.78, 5) is 24.5. The standard InChI is InChI=1S/C14H18N2O4/c1-16(12-5-6-20-9-12)14(19)15-8-10-3-2-4-11(7-10)13(17)18/h2-4,7,12H,5-6,8-9H2,1H3,(H,15,19)(H,17,18). The van der Waals surface area contributed by atoms with E-state index < -0.39 is 5.97 Å². The number of amides is 2. The summed E-state index contributed by atoms with van der Waals surface area (Å²) in [6.07, 6.45) is 0.846. The predicted molar refractivity (Wildman–Crippen MR) is 72.6 cm³/mol. The molecular weight excluding hydrogens is 260 g/mol. The molecule has 0 aromatic heterocycles. The van der Waals surface area contributed by atoms with Crippen molar-refractivity contribution in [3.63, 3.8) is 0 Å². The van der Waals surface area contributed by atoms with Gasteiger partial charge in [-0.1, -0.05) is 12.1 Å². The van der Waals surface area contributed by atoms with Gasteiger partial charge in [-0.05, 0) is 24.1 Å². The van der Waals surface area contributed by atoms with Gasteiger partial charge in [0.1, 0.15) is 0 Å². The highest BCUT2D eigenvalue weighted by Gasteiger charge is 2.23. The molecule has 0 spiro atoms. The molecule has 1 fully saturated rings. The van der Waals surface area contributed by atoms with Crippen molar-refractivity contribution in [3.05, 3.63) is 35.4 Å². The topological polar surface area (TPSA) is 78.9 Å². The zero-order valence-electron chi connectivity index (χ0n) is 11.3. The van der Waals surface area contributed by atoms with Gasteiger partial charge < -0.3 is 20.1 Å². The van der Waals surface area contributed by atoms with Gasteiger partial charge in [-0.15, -0.1) is 0 Å². The number of hydrogen-bond acceptors (Lipinski definition) is 3. The van der Waals surface area contributed by atoms with Crippen LogP contribution >= 0.6 is 0 Å². The molecule has 1 heterocycles. The highest BCUT2D eigenvalue weighted by molar-refractivity contribution is 5.87. The minimum atomic E-state index is -0.974. The summed E-state index contributed by atoms with van der Waals surface area (Å²) in [5.41, 5.74) is 0.976. The Labute approximate surface area is 117 Å². The third-order valence-electron chi connectivity index (χ3n) is 3.39. The Kier molecular flexibility index (Phi) is 4.57. The van der Waals surface area contributed by atoms with Gasteiger partial charge in [0.2, 0.25) is 0 Å². The number of nitrogens with zero attached hydrogens (tertiary/aromatic N) is 1. The second-order valence-electron chi connectivity index (χ2n) is 4.79. The van der Waals surface area contributed by atoms with Gasteiger partial charge >= 0.3 is 12.0 Å². The molecule has 1 aliphatic rings. The molecule has 2 N–H and O–H groups in total. The smallest absolute Gasteiger partial charge is 0.335 e. The van der Waals surface area contributed by atoms with E-state index in [9.17, 15) is 9.59 Å². The van der Waals surface area contributed by atoms with Gasteiger partial charge in [0.25, 0.3) is 0 Å². The van der Waals surface area contributed by atoms with Crippen LogP contribution < -0.4 is 5.32 Å². The van der Waals surface area contributed by atoms with E-state index in [2.05, 4.69) is 5.32 Å². The Morgan fingerprint density at radius 3 is 2.95 bits per heavy atom. The Morgan fingerprint density at radius 2 is 2.30 bits per heavy atom. The lowest BCUT2D eigenvalue weighted by atomic mass is 10.1. The van der Waals surface area contributed by atoms with Crippen LogP contribution in [0.15, 0.2) is 24.3 Å². The maximum atomic E-state index is 12.0. The molecule has 1 aliphatic heterocycles. The number of hydrogen-bond donors (Lipinski definition) is 2. The number of nitrogens with one attached hydrogen (secondary N) is 1. The van der Waals surface area contributed by atoms with Gasteiger partial charge in [-0.25, -0.2) is 9.59 Å². The normalized spacial score (nSPS) is 17.8. The van der Waals surface area contributed by atoms with Crippen molar-refractivity contribution in [1.29, 1.82) is 0 Å². The molecule has 0 aliphatic carbocycles. The summed E-state index contributed by atoms with van der Waals surface area (Å²) in [5.74, 6) is -0.974. The first-order valence-corrected chi connectivity index (χ1v) is 6.48. The first kappa shape index (κ1) is 14.3. The summed E-state index contributed by atoms with van der Waals surface area (Å²) in [7, 11) is 1.74. The molecule has 1 aromatic carbocycles. The fourth-order valence-electron chi connectivity index (χ4n) is 2.11. The third-order valence-corrected chi connectivity index (χ3v) is 3.39. The summed E-state index contributed by atoms with van der Waals surface area (Å²) >= 11 is 0. The van der Waals surface area contributed by atoms with Gasteiger partial charge in [-0.2, -0.15) is 0 Å². The van der Waals surface area contributed by atoms with E-state index in [1.165, 1.54) is 6.07 Å². The predicted octanol–water partition coefficient (Wildman–Crippen LogP) is 1.32. The number of carboxylic acid groups (broad SMARTS) is 1. The second kappa shape index (κ2) is 6.38. The highest BCUT2D eigenvalue weighted by atomic mass is 16.5. The largest absolute Gasteiger partial charge is 0.478 e. The van der Waals surface area contributed by atoms with Crippen molar-refractivity contribution in [2.45, 2.75) is 19.0 Å². The maximum Gasteiger partial charge on any atom is 0.335 e. The Bertz CT molecular complexity index is 498. The fourth-order valence-corrected chi connectivity index (χ4v) is 2.11. The van der Waals surface area contributed by atoms with Crippen molar-refractivity contribution in [1.82, 2.24) is 10.2 Å². The highest BCUT2D eigenvalue weighted by Crippen LogP contribution is 2.11. The Morgan fingerprint density at radius 1 is 1.50 bits per heavy atom. The molecule has 6 nitrogen and oxygen atoms in total. The van der Waals surface area contributed by atoms with Crippen LogP contribution in [0.3, 0.4) is 0 Å². The lowest BCUT2D eigenvalue weighted by Crippen LogP contribution is -2.43. The van der Waals surface area contributed by atoms with Crippen LogP contribution in [0.4, 0.5) is 4.79 Å². The molecule has 0 radical (unpaired) electrons. The van der Waals surface area contributed by atoms with Crippen molar-refractivity contribution < 1.29 is 19.4 Å². The number of carbonyl (C=O) groups excluding carboxylic acids is 1. The first-order valence-electron chi connectivity index (χ1n) is 6.48. The molecule has 6 heteroatoms. The van der Waals surface area contributed by atoms with E-state index in [-0.39, 0.29) is 17.6 Å².